The summed E-state index contributed by atoms with van der Waals surface area (Å²) in [6, 6.07) is -0.224. The van der Waals surface area contributed by atoms with E-state index in [2.05, 4.69) is 26.1 Å². The molecule has 0 saturated carbocycles. The van der Waals surface area contributed by atoms with Crippen LogP contribution >= 0.6 is 0 Å². The molecule has 1 N–H and O–H groups in total. The van der Waals surface area contributed by atoms with Gasteiger partial charge in [0.15, 0.2) is 0 Å². The highest BCUT2D eigenvalue weighted by molar-refractivity contribution is 5.88. The Balaban J connectivity index is 2.00. The molecule has 0 spiro atoms. The summed E-state index contributed by atoms with van der Waals surface area (Å²) in [6.45, 7) is 10.3. The van der Waals surface area contributed by atoms with E-state index < -0.39 is 0 Å². The summed E-state index contributed by atoms with van der Waals surface area (Å²) in [5.74, 6) is 0.282. The average molecular weight is 295 g/mol. The Bertz CT molecular complexity index is 381. The molecule has 2 heterocycles. The van der Waals surface area contributed by atoms with E-state index in [0.717, 1.165) is 52.0 Å². The quantitative estimate of drug-likeness (QED) is 0.834. The molecule has 0 aromatic rings. The molecule has 2 rings (SSSR count). The lowest BCUT2D eigenvalue weighted by Gasteiger charge is -2.31. The Morgan fingerprint density at radius 1 is 1.10 bits per heavy atom. The first-order valence-corrected chi connectivity index (χ1v) is 8.17. The number of hydrogen-bond acceptors (Lipinski definition) is 3. The number of likely N-dealkylation sites (tertiary alicyclic amines) is 1. The summed E-state index contributed by atoms with van der Waals surface area (Å²) in [5.41, 5.74) is -0.0280. The van der Waals surface area contributed by atoms with Gasteiger partial charge in [-0.25, -0.2) is 0 Å². The van der Waals surface area contributed by atoms with Gasteiger partial charge < -0.3 is 15.1 Å². The Hall–Kier alpha value is -1.10. The number of amides is 2. The lowest BCUT2D eigenvalue weighted by Crippen LogP contribution is -2.49. The maximum absolute atomic E-state index is 12.7. The van der Waals surface area contributed by atoms with Crippen molar-refractivity contribution in [3.63, 3.8) is 0 Å². The lowest BCUT2D eigenvalue weighted by atomic mass is 9.91. The molecule has 21 heavy (non-hydrogen) atoms. The number of carbonyl (C=O) groups excluding carboxylic acids is 2. The number of hydrogen-bond donors (Lipinski definition) is 1. The van der Waals surface area contributed by atoms with E-state index in [1.807, 2.05) is 9.80 Å². The van der Waals surface area contributed by atoms with Gasteiger partial charge in [0.1, 0.15) is 6.04 Å². The Morgan fingerprint density at radius 2 is 1.86 bits per heavy atom. The molecule has 5 nitrogen and oxygen atoms in total. The monoisotopic (exact) mass is 295 g/mol. The molecule has 1 atom stereocenters. The largest absolute Gasteiger partial charge is 0.340 e. The van der Waals surface area contributed by atoms with Gasteiger partial charge in [-0.1, -0.05) is 20.8 Å². The number of carbonyl (C=O) groups is 2. The molecular formula is C16H29N3O2. The summed E-state index contributed by atoms with van der Waals surface area (Å²) >= 11 is 0. The first-order chi connectivity index (χ1) is 9.88. The summed E-state index contributed by atoms with van der Waals surface area (Å²) in [6.07, 6.45) is 3.27. The van der Waals surface area contributed by atoms with E-state index in [0.29, 0.717) is 6.42 Å². The van der Waals surface area contributed by atoms with Crippen molar-refractivity contribution in [3.8, 4) is 0 Å². The molecule has 2 aliphatic heterocycles. The molecule has 120 valence electrons. The van der Waals surface area contributed by atoms with Crippen LogP contribution in [0.1, 0.15) is 46.5 Å². The van der Waals surface area contributed by atoms with Crippen molar-refractivity contribution in [1.29, 1.82) is 0 Å². The fraction of sp³-hybridized carbons (Fsp3) is 0.875. The first-order valence-electron chi connectivity index (χ1n) is 8.17. The highest BCUT2D eigenvalue weighted by Gasteiger charge is 2.37. The second-order valence-corrected chi connectivity index (χ2v) is 7.41. The predicted molar refractivity (Wildman–Crippen MR) is 82.9 cm³/mol. The normalized spacial score (nSPS) is 24.0. The Kier molecular flexibility index (Phi) is 5.25. The smallest absolute Gasteiger partial charge is 0.245 e. The van der Waals surface area contributed by atoms with Gasteiger partial charge in [-0.3, -0.25) is 9.59 Å². The second-order valence-electron chi connectivity index (χ2n) is 7.41. The molecule has 5 heteroatoms. The summed E-state index contributed by atoms with van der Waals surface area (Å²) in [5, 5.41) is 3.31. The van der Waals surface area contributed by atoms with Crippen LogP contribution in [0.25, 0.3) is 0 Å². The van der Waals surface area contributed by atoms with E-state index in [1.54, 1.807) is 0 Å². The van der Waals surface area contributed by atoms with Gasteiger partial charge >= 0.3 is 0 Å². The van der Waals surface area contributed by atoms with Gasteiger partial charge in [0, 0.05) is 32.6 Å². The van der Waals surface area contributed by atoms with Crippen molar-refractivity contribution >= 4 is 11.8 Å². The van der Waals surface area contributed by atoms with Crippen LogP contribution in [0.4, 0.5) is 0 Å². The van der Waals surface area contributed by atoms with Crippen LogP contribution in [0.5, 0.6) is 0 Å². The van der Waals surface area contributed by atoms with E-state index in [1.165, 1.54) is 0 Å². The number of nitrogens with zero attached hydrogens (tertiary/aromatic N) is 2. The summed E-state index contributed by atoms with van der Waals surface area (Å²) in [4.78, 5) is 29.0. The first kappa shape index (κ1) is 16.3. The molecular weight excluding hydrogens is 266 g/mol. The minimum Gasteiger partial charge on any atom is -0.340 e. The average Bonchev–Trinajstić information content (AvgIpc) is 2.71. The third-order valence-corrected chi connectivity index (χ3v) is 4.19. The van der Waals surface area contributed by atoms with Gasteiger partial charge in [-0.15, -0.1) is 0 Å². The van der Waals surface area contributed by atoms with Crippen LogP contribution in [0, 0.1) is 5.41 Å². The molecule has 2 aliphatic rings. The van der Waals surface area contributed by atoms with Crippen LogP contribution in [-0.4, -0.2) is 60.4 Å². The van der Waals surface area contributed by atoms with Gasteiger partial charge in [0.05, 0.1) is 0 Å². The highest BCUT2D eigenvalue weighted by Crippen LogP contribution is 2.25. The molecule has 0 aromatic heterocycles. The van der Waals surface area contributed by atoms with Gasteiger partial charge in [-0.2, -0.15) is 0 Å². The molecule has 2 saturated heterocycles. The molecule has 0 aliphatic carbocycles. The molecule has 2 amide bonds. The Morgan fingerprint density at radius 3 is 2.57 bits per heavy atom. The van der Waals surface area contributed by atoms with Crippen molar-refractivity contribution in [1.82, 2.24) is 15.1 Å². The van der Waals surface area contributed by atoms with E-state index in [-0.39, 0.29) is 23.3 Å². The van der Waals surface area contributed by atoms with Crippen molar-refractivity contribution < 1.29 is 9.59 Å². The van der Waals surface area contributed by atoms with Crippen molar-refractivity contribution in [2.24, 2.45) is 5.41 Å². The Labute approximate surface area is 128 Å². The zero-order chi connectivity index (χ0) is 15.5. The van der Waals surface area contributed by atoms with Crippen LogP contribution < -0.4 is 5.32 Å². The standard InChI is InChI=1S/C16H29N3O2/c1-16(2,3)12-14(20)19-10-4-6-13(19)15(21)18-9-5-7-17-8-11-18/h13,17H,4-12H2,1-3H3. The molecule has 0 radical (unpaired) electrons. The van der Waals surface area contributed by atoms with Crippen LogP contribution in [0.15, 0.2) is 0 Å². The van der Waals surface area contributed by atoms with Crippen molar-refractivity contribution in [2.75, 3.05) is 32.7 Å². The van der Waals surface area contributed by atoms with E-state index >= 15 is 0 Å². The molecule has 2 fully saturated rings. The maximum Gasteiger partial charge on any atom is 0.245 e. The summed E-state index contributed by atoms with van der Waals surface area (Å²) < 4.78 is 0. The predicted octanol–water partition coefficient (Wildman–Crippen LogP) is 1.24. The zero-order valence-corrected chi connectivity index (χ0v) is 13.7. The van der Waals surface area contributed by atoms with Crippen LogP contribution in [-0.2, 0) is 9.59 Å². The summed E-state index contributed by atoms with van der Waals surface area (Å²) in [7, 11) is 0. The lowest BCUT2D eigenvalue weighted by molar-refractivity contribution is -0.144. The maximum atomic E-state index is 12.7. The molecule has 0 aromatic carbocycles. The van der Waals surface area contributed by atoms with E-state index in [9.17, 15) is 9.59 Å². The minimum atomic E-state index is -0.224. The third kappa shape index (κ3) is 4.43. The number of nitrogens with one attached hydrogen (secondary N) is 1. The SMILES string of the molecule is CC(C)(C)CC(=O)N1CCCC1C(=O)N1CCCNCC1. The third-order valence-electron chi connectivity index (χ3n) is 4.19. The topological polar surface area (TPSA) is 52.7 Å². The van der Waals surface area contributed by atoms with E-state index in [4.69, 9.17) is 0 Å². The second kappa shape index (κ2) is 6.77. The number of rotatable bonds is 2. The zero-order valence-electron chi connectivity index (χ0n) is 13.7. The van der Waals surface area contributed by atoms with Gasteiger partial charge in [0.2, 0.25) is 11.8 Å². The van der Waals surface area contributed by atoms with Gasteiger partial charge in [-0.05, 0) is 31.2 Å². The fourth-order valence-electron chi connectivity index (χ4n) is 3.15. The van der Waals surface area contributed by atoms with Crippen LogP contribution in [0.2, 0.25) is 0 Å². The molecule has 1 unspecified atom stereocenters. The van der Waals surface area contributed by atoms with Gasteiger partial charge in [0.25, 0.3) is 0 Å². The van der Waals surface area contributed by atoms with Crippen molar-refractivity contribution in [2.45, 2.75) is 52.5 Å². The van der Waals surface area contributed by atoms with Crippen LogP contribution in [0.3, 0.4) is 0 Å². The molecule has 0 bridgehead atoms. The minimum absolute atomic E-state index is 0.0280. The van der Waals surface area contributed by atoms with Crippen molar-refractivity contribution in [3.05, 3.63) is 0 Å². The highest BCUT2D eigenvalue weighted by atomic mass is 16.2. The fourth-order valence-corrected chi connectivity index (χ4v) is 3.15.